The molecule has 0 saturated heterocycles. The van der Waals surface area contributed by atoms with Gasteiger partial charge in [-0.1, -0.05) is 32.0 Å². The van der Waals surface area contributed by atoms with Crippen LogP contribution in [0, 0.1) is 5.92 Å². The molecule has 30 heavy (non-hydrogen) atoms. The van der Waals surface area contributed by atoms with Gasteiger partial charge in [-0.3, -0.25) is 4.79 Å². The molecular formula is C24H28N2O3S. The van der Waals surface area contributed by atoms with Gasteiger partial charge in [-0.25, -0.2) is 0 Å². The zero-order chi connectivity index (χ0) is 21.1. The van der Waals surface area contributed by atoms with E-state index in [9.17, 15) is 4.79 Å². The first-order chi connectivity index (χ1) is 14.5. The Bertz CT molecular complexity index is 1090. The summed E-state index contributed by atoms with van der Waals surface area (Å²) in [6.45, 7) is 6.59. The highest BCUT2D eigenvalue weighted by molar-refractivity contribution is 7.98. The van der Waals surface area contributed by atoms with E-state index in [1.807, 2.05) is 34.9 Å². The van der Waals surface area contributed by atoms with Crippen molar-refractivity contribution in [2.75, 3.05) is 19.4 Å². The average molecular weight is 425 g/mol. The van der Waals surface area contributed by atoms with Gasteiger partial charge >= 0.3 is 0 Å². The fraction of sp³-hybridized carbons (Fsp3) is 0.375. The summed E-state index contributed by atoms with van der Waals surface area (Å²) in [6, 6.07) is 16.0. The van der Waals surface area contributed by atoms with Crippen LogP contribution in [0.15, 0.2) is 58.2 Å². The summed E-state index contributed by atoms with van der Waals surface area (Å²) in [7, 11) is 0. The van der Waals surface area contributed by atoms with Crippen molar-refractivity contribution in [2.24, 2.45) is 5.92 Å². The molecule has 0 amide bonds. The van der Waals surface area contributed by atoms with Crippen LogP contribution in [0.5, 0.6) is 11.5 Å². The number of fused-ring (bicyclic) bond motifs is 2. The minimum absolute atomic E-state index is 0.0770. The molecule has 5 nitrogen and oxygen atoms in total. The number of nitrogens with one attached hydrogen (secondary N) is 1. The number of benzene rings is 2. The third-order valence-corrected chi connectivity index (χ3v) is 5.91. The first kappa shape index (κ1) is 20.8. The molecule has 1 aromatic heterocycles. The molecule has 4 rings (SSSR count). The van der Waals surface area contributed by atoms with Crippen LogP contribution in [0.2, 0.25) is 0 Å². The molecule has 1 aliphatic rings. The molecule has 3 aromatic rings. The number of thioether (sulfide) groups is 1. The number of hydrogen-bond acceptors (Lipinski definition) is 5. The molecule has 0 radical (unpaired) electrons. The molecule has 0 fully saturated rings. The molecule has 2 heterocycles. The van der Waals surface area contributed by atoms with Crippen molar-refractivity contribution in [3.63, 3.8) is 0 Å². The first-order valence-electron chi connectivity index (χ1n) is 10.3. The van der Waals surface area contributed by atoms with Gasteiger partial charge in [0.15, 0.2) is 11.5 Å². The molecule has 1 atom stereocenters. The van der Waals surface area contributed by atoms with E-state index in [1.54, 1.807) is 11.8 Å². The molecule has 0 unspecified atom stereocenters. The highest BCUT2D eigenvalue weighted by Crippen LogP contribution is 2.30. The van der Waals surface area contributed by atoms with E-state index < -0.39 is 0 Å². The third kappa shape index (κ3) is 4.50. The van der Waals surface area contributed by atoms with Gasteiger partial charge in [0.1, 0.15) is 12.7 Å². The first-order valence-corrected chi connectivity index (χ1v) is 11.6. The van der Waals surface area contributed by atoms with Crippen LogP contribution < -0.4 is 20.3 Å². The Morgan fingerprint density at radius 1 is 1.17 bits per heavy atom. The normalized spacial score (nSPS) is 15.7. The largest absolute Gasteiger partial charge is 0.486 e. The van der Waals surface area contributed by atoms with Gasteiger partial charge in [-0.2, -0.15) is 0 Å². The lowest BCUT2D eigenvalue weighted by atomic mass is 10.1. The third-order valence-electron chi connectivity index (χ3n) is 5.18. The Morgan fingerprint density at radius 2 is 1.97 bits per heavy atom. The summed E-state index contributed by atoms with van der Waals surface area (Å²) >= 11 is 1.69. The number of ether oxygens (including phenoxy) is 2. The maximum Gasteiger partial charge on any atom is 0.255 e. The highest BCUT2D eigenvalue weighted by Gasteiger charge is 2.20. The van der Waals surface area contributed by atoms with Crippen molar-refractivity contribution < 1.29 is 9.47 Å². The maximum atomic E-state index is 13.2. The number of nitrogens with zero attached hydrogens (tertiary/aromatic N) is 1. The molecule has 0 saturated carbocycles. The fourth-order valence-corrected chi connectivity index (χ4v) is 4.18. The molecule has 2 aromatic carbocycles. The van der Waals surface area contributed by atoms with Crippen molar-refractivity contribution in [2.45, 2.75) is 37.9 Å². The number of pyridine rings is 1. The zero-order valence-electron chi connectivity index (χ0n) is 17.7. The lowest BCUT2D eigenvalue weighted by Gasteiger charge is -2.26. The fourth-order valence-electron chi connectivity index (χ4n) is 3.74. The van der Waals surface area contributed by atoms with E-state index in [4.69, 9.17) is 9.47 Å². The van der Waals surface area contributed by atoms with Gasteiger partial charge in [0.2, 0.25) is 0 Å². The number of hydrogen-bond donors (Lipinski definition) is 1. The maximum absolute atomic E-state index is 13.2. The van der Waals surface area contributed by atoms with Gasteiger partial charge in [-0.05, 0) is 47.9 Å². The second-order valence-corrected chi connectivity index (χ2v) is 8.91. The van der Waals surface area contributed by atoms with Crippen molar-refractivity contribution in [1.29, 1.82) is 0 Å². The number of aromatic nitrogens is 1. The van der Waals surface area contributed by atoms with Gasteiger partial charge in [0.05, 0.1) is 5.52 Å². The lowest BCUT2D eigenvalue weighted by Crippen LogP contribution is -2.39. The Hall–Kier alpha value is -2.44. The molecule has 6 heteroatoms. The van der Waals surface area contributed by atoms with Crippen molar-refractivity contribution in [3.05, 3.63) is 64.4 Å². The molecule has 158 valence electrons. The Labute approximate surface area is 181 Å². The van der Waals surface area contributed by atoms with Crippen LogP contribution in [0.1, 0.15) is 19.4 Å². The summed E-state index contributed by atoms with van der Waals surface area (Å²) in [5, 5.41) is 4.48. The van der Waals surface area contributed by atoms with E-state index in [-0.39, 0.29) is 11.7 Å². The predicted molar refractivity (Wildman–Crippen MR) is 123 cm³/mol. The molecule has 0 aliphatic carbocycles. The van der Waals surface area contributed by atoms with Gasteiger partial charge in [-0.15, -0.1) is 11.8 Å². The van der Waals surface area contributed by atoms with Gasteiger partial charge < -0.3 is 19.4 Å². The van der Waals surface area contributed by atoms with Gasteiger partial charge in [0.25, 0.3) is 5.56 Å². The molecular weight excluding hydrogens is 396 g/mol. The Morgan fingerprint density at radius 3 is 2.73 bits per heavy atom. The number of para-hydroxylation sites is 2. The van der Waals surface area contributed by atoms with Crippen LogP contribution in [-0.2, 0) is 13.1 Å². The van der Waals surface area contributed by atoms with Crippen LogP contribution in [0.4, 0.5) is 0 Å². The summed E-state index contributed by atoms with van der Waals surface area (Å²) in [6.07, 6.45) is 1.97. The van der Waals surface area contributed by atoms with Crippen molar-refractivity contribution in [1.82, 2.24) is 9.88 Å². The van der Waals surface area contributed by atoms with Crippen LogP contribution in [0.25, 0.3) is 10.9 Å². The Kier molecular flexibility index (Phi) is 6.35. The van der Waals surface area contributed by atoms with E-state index in [0.29, 0.717) is 32.2 Å². The smallest absolute Gasteiger partial charge is 0.255 e. The van der Waals surface area contributed by atoms with E-state index in [2.05, 4.69) is 43.6 Å². The molecule has 0 bridgehead atoms. The van der Waals surface area contributed by atoms with E-state index >= 15 is 0 Å². The monoisotopic (exact) mass is 424 g/mol. The van der Waals surface area contributed by atoms with E-state index in [1.165, 1.54) is 4.90 Å². The average Bonchev–Trinajstić information content (AvgIpc) is 2.75. The Balaban J connectivity index is 1.51. The molecule has 1 aliphatic heterocycles. The molecule has 0 spiro atoms. The van der Waals surface area contributed by atoms with Crippen LogP contribution >= 0.6 is 11.8 Å². The summed E-state index contributed by atoms with van der Waals surface area (Å²) in [5.74, 6) is 1.94. The van der Waals surface area contributed by atoms with Crippen LogP contribution in [0.3, 0.4) is 0 Å². The standard InChI is InChI=1S/C24H28N2O3S/c1-16(2)14-26-21-11-20(30-3)9-8-17(21)10-18(24(26)27)12-25-13-19-15-28-22-6-4-5-7-23(22)29-19/h4-11,16,19,25H,12-15H2,1-3H3/t19-/m0/s1. The summed E-state index contributed by atoms with van der Waals surface area (Å²) in [4.78, 5) is 14.4. The summed E-state index contributed by atoms with van der Waals surface area (Å²) < 4.78 is 13.7. The zero-order valence-corrected chi connectivity index (χ0v) is 18.5. The van der Waals surface area contributed by atoms with Crippen molar-refractivity contribution in [3.8, 4) is 11.5 Å². The van der Waals surface area contributed by atoms with Crippen LogP contribution in [-0.4, -0.2) is 30.1 Å². The molecule has 1 N–H and O–H groups in total. The van der Waals surface area contributed by atoms with Gasteiger partial charge in [0, 0.05) is 30.1 Å². The second-order valence-electron chi connectivity index (χ2n) is 8.03. The minimum Gasteiger partial charge on any atom is -0.486 e. The highest BCUT2D eigenvalue weighted by atomic mass is 32.2. The van der Waals surface area contributed by atoms with Crippen molar-refractivity contribution >= 4 is 22.7 Å². The SMILES string of the molecule is CSc1ccc2cc(CNC[C@H]3COc4ccccc4O3)c(=O)n(CC(C)C)c2c1. The quantitative estimate of drug-likeness (QED) is 0.573. The van der Waals surface area contributed by atoms with E-state index in [0.717, 1.165) is 28.0 Å². The topological polar surface area (TPSA) is 52.5 Å². The minimum atomic E-state index is -0.0811. The summed E-state index contributed by atoms with van der Waals surface area (Å²) in [5.41, 5.74) is 1.86. The number of rotatable bonds is 7. The predicted octanol–water partition coefficient (Wildman–Crippen LogP) is 4.31. The second kappa shape index (κ2) is 9.14. The lowest BCUT2D eigenvalue weighted by molar-refractivity contribution is 0.0902.